The summed E-state index contributed by atoms with van der Waals surface area (Å²) in [7, 11) is 0. The third-order valence-corrected chi connectivity index (χ3v) is 4.20. The number of benzene rings is 1. The molecule has 0 saturated heterocycles. The highest BCUT2D eigenvalue weighted by atomic mass is 32.2. The van der Waals surface area contributed by atoms with E-state index in [0.29, 0.717) is 11.1 Å². The van der Waals surface area contributed by atoms with Crippen molar-refractivity contribution >= 4 is 23.4 Å². The van der Waals surface area contributed by atoms with Crippen LogP contribution in [0, 0.1) is 6.92 Å². The topological polar surface area (TPSA) is 29.1 Å². The molecule has 126 valence electrons. The monoisotopic (exact) mass is 335 g/mol. The van der Waals surface area contributed by atoms with Crippen LogP contribution in [-0.4, -0.2) is 11.7 Å². The van der Waals surface area contributed by atoms with E-state index in [2.05, 4.69) is 4.72 Å². The fourth-order valence-electron chi connectivity index (χ4n) is 2.34. The van der Waals surface area contributed by atoms with Gasteiger partial charge in [-0.05, 0) is 55.5 Å². The first kappa shape index (κ1) is 19.5. The first-order valence-corrected chi connectivity index (χ1v) is 9.12. The van der Waals surface area contributed by atoms with E-state index in [1.54, 1.807) is 12.1 Å². The minimum Gasteiger partial charge on any atom is -0.296 e. The number of carbonyl (C=O) groups is 1. The summed E-state index contributed by atoms with van der Waals surface area (Å²) in [4.78, 5) is 12.0. The van der Waals surface area contributed by atoms with Gasteiger partial charge in [-0.2, -0.15) is 0 Å². The van der Waals surface area contributed by atoms with Crippen molar-refractivity contribution in [2.75, 3.05) is 5.75 Å². The maximum Gasteiger partial charge on any atom is 0.261 e. The Balaban J connectivity index is 0.00000127. The Bertz CT molecular complexity index is 620. The molecule has 0 atom stereocenters. The first-order chi connectivity index (χ1) is 11.0. The van der Waals surface area contributed by atoms with Crippen LogP contribution in [0.25, 0.3) is 5.57 Å². The maximum absolute atomic E-state index is 14.3. The lowest BCUT2D eigenvalue weighted by Crippen LogP contribution is -2.16. The van der Waals surface area contributed by atoms with Gasteiger partial charge in [0.25, 0.3) is 5.91 Å². The zero-order chi connectivity index (χ0) is 17.4. The van der Waals surface area contributed by atoms with Crippen molar-refractivity contribution in [2.24, 2.45) is 0 Å². The van der Waals surface area contributed by atoms with Crippen molar-refractivity contribution in [1.82, 2.24) is 4.72 Å². The zero-order valence-corrected chi connectivity index (χ0v) is 15.4. The van der Waals surface area contributed by atoms with E-state index >= 15 is 0 Å². The Morgan fingerprint density at radius 2 is 2.00 bits per heavy atom. The van der Waals surface area contributed by atoms with E-state index in [1.165, 1.54) is 11.9 Å². The molecule has 23 heavy (non-hydrogen) atoms. The Morgan fingerprint density at radius 3 is 2.65 bits per heavy atom. The Hall–Kier alpha value is -1.55. The fraction of sp³-hybridized carbons (Fsp3) is 0.421. The minimum atomic E-state index is -0.148. The maximum atomic E-state index is 14.3. The van der Waals surface area contributed by atoms with Crippen LogP contribution in [0.3, 0.4) is 0 Å². The van der Waals surface area contributed by atoms with Crippen molar-refractivity contribution in [3.8, 4) is 0 Å². The number of aryl methyl sites for hydroxylation is 1. The van der Waals surface area contributed by atoms with Gasteiger partial charge in [0.05, 0.1) is 0 Å². The quantitative estimate of drug-likeness (QED) is 0.700. The second kappa shape index (κ2) is 9.56. The van der Waals surface area contributed by atoms with Crippen LogP contribution < -0.4 is 4.72 Å². The highest BCUT2D eigenvalue weighted by Crippen LogP contribution is 2.35. The number of carbonyl (C=O) groups excluding carboxylic acids is 1. The number of hydrogen-bond acceptors (Lipinski definition) is 2. The molecule has 1 aliphatic carbocycles. The molecule has 1 N–H and O–H groups in total. The first-order valence-electron chi connectivity index (χ1n) is 8.13. The molecule has 0 heterocycles. The van der Waals surface area contributed by atoms with Crippen LogP contribution in [0.5, 0.6) is 0 Å². The zero-order valence-electron chi connectivity index (χ0n) is 14.6. The van der Waals surface area contributed by atoms with E-state index in [4.69, 9.17) is 0 Å². The molecule has 4 heteroatoms. The molecule has 0 aromatic heterocycles. The Kier molecular flexibility index (Phi) is 8.10. The number of hydrogen-bond donors (Lipinski definition) is 1. The van der Waals surface area contributed by atoms with Crippen LogP contribution in [0.15, 0.2) is 35.7 Å². The van der Waals surface area contributed by atoms with E-state index in [1.807, 2.05) is 46.8 Å². The third kappa shape index (κ3) is 4.96. The summed E-state index contributed by atoms with van der Waals surface area (Å²) < 4.78 is 17.1. The predicted molar refractivity (Wildman–Crippen MR) is 99.1 cm³/mol. The van der Waals surface area contributed by atoms with Crippen molar-refractivity contribution in [3.05, 3.63) is 52.4 Å². The van der Waals surface area contributed by atoms with Gasteiger partial charge in [0.2, 0.25) is 0 Å². The van der Waals surface area contributed by atoms with Crippen molar-refractivity contribution in [1.29, 1.82) is 0 Å². The lowest BCUT2D eigenvalue weighted by atomic mass is 9.90. The minimum absolute atomic E-state index is 0.138. The summed E-state index contributed by atoms with van der Waals surface area (Å²) in [6.45, 7) is 9.74. The number of allylic oxidation sites excluding steroid dienone is 4. The molecular weight excluding hydrogens is 309 g/mol. The van der Waals surface area contributed by atoms with Crippen LogP contribution in [0.2, 0.25) is 0 Å². The Morgan fingerprint density at radius 1 is 1.30 bits per heavy atom. The van der Waals surface area contributed by atoms with Crippen molar-refractivity contribution in [3.63, 3.8) is 0 Å². The number of halogens is 1. The van der Waals surface area contributed by atoms with Crippen LogP contribution in [0.1, 0.15) is 62.0 Å². The second-order valence-corrected chi connectivity index (χ2v) is 6.21. The van der Waals surface area contributed by atoms with E-state index < -0.39 is 0 Å². The molecule has 1 aromatic carbocycles. The average molecular weight is 335 g/mol. The van der Waals surface area contributed by atoms with Gasteiger partial charge in [-0.3, -0.25) is 9.52 Å². The van der Waals surface area contributed by atoms with Gasteiger partial charge in [-0.1, -0.05) is 44.9 Å². The van der Waals surface area contributed by atoms with Gasteiger partial charge < -0.3 is 0 Å². The molecule has 0 fully saturated rings. The smallest absolute Gasteiger partial charge is 0.261 e. The molecule has 1 aromatic rings. The molecule has 2 rings (SSSR count). The highest BCUT2D eigenvalue weighted by Gasteiger charge is 2.18. The van der Waals surface area contributed by atoms with Crippen molar-refractivity contribution in [2.45, 2.75) is 47.5 Å². The molecule has 0 radical (unpaired) electrons. The summed E-state index contributed by atoms with van der Waals surface area (Å²) in [5.74, 6) is 0.525. The lowest BCUT2D eigenvalue weighted by Gasteiger charge is -2.17. The van der Waals surface area contributed by atoms with Crippen LogP contribution in [0.4, 0.5) is 4.39 Å². The molecular formula is C19H26FNOS. The molecule has 0 unspecified atom stereocenters. The number of rotatable bonds is 4. The number of amides is 1. The van der Waals surface area contributed by atoms with Gasteiger partial charge in [0.1, 0.15) is 5.83 Å². The number of nitrogens with one attached hydrogen (secondary N) is 1. The van der Waals surface area contributed by atoms with E-state index in [0.717, 1.165) is 35.3 Å². The van der Waals surface area contributed by atoms with Crippen LogP contribution >= 0.6 is 11.9 Å². The van der Waals surface area contributed by atoms with Gasteiger partial charge in [-0.25, -0.2) is 4.39 Å². The summed E-state index contributed by atoms with van der Waals surface area (Å²) in [6.07, 6.45) is 3.53. The van der Waals surface area contributed by atoms with Gasteiger partial charge in [0.15, 0.2) is 0 Å². The van der Waals surface area contributed by atoms with E-state index in [9.17, 15) is 9.18 Å². The summed E-state index contributed by atoms with van der Waals surface area (Å²) in [6, 6.07) is 5.44. The Labute approximate surface area is 143 Å². The van der Waals surface area contributed by atoms with E-state index in [-0.39, 0.29) is 11.7 Å². The predicted octanol–water partition coefficient (Wildman–Crippen LogP) is 5.84. The lowest BCUT2D eigenvalue weighted by molar-refractivity contribution is 0.0984. The van der Waals surface area contributed by atoms with Gasteiger partial charge in [-0.15, -0.1) is 0 Å². The highest BCUT2D eigenvalue weighted by molar-refractivity contribution is 7.97. The average Bonchev–Trinajstić information content (AvgIpc) is 2.57. The summed E-state index contributed by atoms with van der Waals surface area (Å²) in [5.41, 5.74) is 3.75. The molecule has 0 bridgehead atoms. The fourth-order valence-corrected chi connectivity index (χ4v) is 2.73. The molecule has 2 nitrogen and oxygen atoms in total. The summed E-state index contributed by atoms with van der Waals surface area (Å²) >= 11 is 1.36. The SMILES string of the molecule is CC.CCSNC(=O)c1ccc(C)c(C2=CCCC(C)=C2F)c1. The van der Waals surface area contributed by atoms with Gasteiger partial charge >= 0.3 is 0 Å². The molecule has 0 aliphatic heterocycles. The molecule has 0 saturated carbocycles. The summed E-state index contributed by atoms with van der Waals surface area (Å²) in [5, 5.41) is 0. The van der Waals surface area contributed by atoms with Crippen molar-refractivity contribution < 1.29 is 9.18 Å². The molecule has 1 aliphatic rings. The largest absolute Gasteiger partial charge is 0.296 e. The molecule has 1 amide bonds. The van der Waals surface area contributed by atoms with Crippen LogP contribution in [-0.2, 0) is 0 Å². The third-order valence-electron chi connectivity index (χ3n) is 3.58. The second-order valence-electron chi connectivity index (χ2n) is 5.14. The standard InChI is InChI=1S/C17H20FNOS.C2H6/c1-4-21-19-17(20)13-9-8-11(2)15(10-13)14-7-5-6-12(3)16(14)18;1-2/h7-10H,4-6H2,1-3H3,(H,19,20);1-2H3. The van der Waals surface area contributed by atoms with Gasteiger partial charge in [0, 0.05) is 16.9 Å². The molecule has 0 spiro atoms. The normalized spacial score (nSPS) is 13.9.